The lowest BCUT2D eigenvalue weighted by atomic mass is 10.2. The van der Waals surface area contributed by atoms with Crippen LogP contribution in [0, 0.1) is 5.92 Å². The molecule has 1 aromatic rings. The third-order valence-corrected chi connectivity index (χ3v) is 3.36. The van der Waals surface area contributed by atoms with Gasteiger partial charge in [-0.15, -0.1) is 0 Å². The molecule has 1 atom stereocenters. The number of hydrogen-bond acceptors (Lipinski definition) is 4. The Bertz CT molecular complexity index is 473. The van der Waals surface area contributed by atoms with E-state index in [9.17, 15) is 9.59 Å². The standard InChI is InChI=1S/C9H11BrN4O2/c10-3-5-1-8(16)14(4-5)6-2-7(15)13-9(11)12-6/h2,5H,1,3-4H2,(H3,11,12,13,15). The topological polar surface area (TPSA) is 92.1 Å². The summed E-state index contributed by atoms with van der Waals surface area (Å²) in [4.78, 5) is 30.7. The van der Waals surface area contributed by atoms with Crippen molar-refractivity contribution in [3.8, 4) is 0 Å². The zero-order valence-electron chi connectivity index (χ0n) is 8.44. The number of hydrogen-bond donors (Lipinski definition) is 2. The van der Waals surface area contributed by atoms with Crippen LogP contribution in [-0.2, 0) is 4.79 Å². The van der Waals surface area contributed by atoms with Crippen LogP contribution in [-0.4, -0.2) is 27.7 Å². The number of nitrogens with one attached hydrogen (secondary N) is 1. The predicted octanol–water partition coefficient (Wildman–Crippen LogP) is 0.0999. The molecule has 0 spiro atoms. The van der Waals surface area contributed by atoms with Crippen LogP contribution in [0.1, 0.15) is 6.42 Å². The van der Waals surface area contributed by atoms with E-state index < -0.39 is 0 Å². The molecule has 2 rings (SSSR count). The summed E-state index contributed by atoms with van der Waals surface area (Å²) < 4.78 is 0. The number of aromatic amines is 1. The van der Waals surface area contributed by atoms with Gasteiger partial charge in [0.25, 0.3) is 5.56 Å². The Balaban J connectivity index is 2.31. The molecule has 2 heterocycles. The van der Waals surface area contributed by atoms with E-state index >= 15 is 0 Å². The van der Waals surface area contributed by atoms with Gasteiger partial charge in [0.15, 0.2) is 0 Å². The van der Waals surface area contributed by atoms with E-state index in [0.717, 1.165) is 5.33 Å². The first-order chi connectivity index (χ1) is 7.60. The Morgan fingerprint density at radius 3 is 2.94 bits per heavy atom. The van der Waals surface area contributed by atoms with Gasteiger partial charge >= 0.3 is 0 Å². The fraction of sp³-hybridized carbons (Fsp3) is 0.444. The molecule has 1 aromatic heterocycles. The van der Waals surface area contributed by atoms with Crippen molar-refractivity contribution in [3.05, 3.63) is 16.4 Å². The maximum absolute atomic E-state index is 11.7. The van der Waals surface area contributed by atoms with Gasteiger partial charge in [-0.3, -0.25) is 19.5 Å². The Labute approximate surface area is 100.0 Å². The van der Waals surface area contributed by atoms with E-state index in [2.05, 4.69) is 25.9 Å². The van der Waals surface area contributed by atoms with Gasteiger partial charge in [0.05, 0.1) is 0 Å². The predicted molar refractivity (Wildman–Crippen MR) is 63.5 cm³/mol. The highest BCUT2D eigenvalue weighted by molar-refractivity contribution is 9.09. The Morgan fingerprint density at radius 2 is 2.38 bits per heavy atom. The van der Waals surface area contributed by atoms with Crippen molar-refractivity contribution in [2.24, 2.45) is 5.92 Å². The highest BCUT2D eigenvalue weighted by atomic mass is 79.9. The van der Waals surface area contributed by atoms with Gasteiger partial charge in [-0.1, -0.05) is 15.9 Å². The summed E-state index contributed by atoms with van der Waals surface area (Å²) in [6.07, 6.45) is 0.472. The molecular formula is C9H11BrN4O2. The number of nitrogens with two attached hydrogens (primary N) is 1. The first-order valence-electron chi connectivity index (χ1n) is 4.83. The third kappa shape index (κ3) is 2.08. The molecule has 1 amide bonds. The minimum atomic E-state index is -0.349. The number of amides is 1. The summed E-state index contributed by atoms with van der Waals surface area (Å²) in [6.45, 7) is 0.569. The molecule has 1 fully saturated rings. The summed E-state index contributed by atoms with van der Waals surface area (Å²) in [5, 5.41) is 0.758. The van der Waals surface area contributed by atoms with Gasteiger partial charge in [-0.05, 0) is 5.92 Å². The van der Waals surface area contributed by atoms with Gasteiger partial charge in [0.1, 0.15) is 5.82 Å². The van der Waals surface area contributed by atoms with Gasteiger partial charge in [0.2, 0.25) is 11.9 Å². The van der Waals surface area contributed by atoms with E-state index in [0.29, 0.717) is 18.8 Å². The Hall–Kier alpha value is -1.37. The van der Waals surface area contributed by atoms with Crippen molar-refractivity contribution >= 4 is 33.6 Å². The minimum Gasteiger partial charge on any atom is -0.369 e. The summed E-state index contributed by atoms with van der Waals surface area (Å²) in [6, 6.07) is 1.28. The highest BCUT2D eigenvalue weighted by Gasteiger charge is 2.30. The number of aromatic nitrogens is 2. The summed E-state index contributed by atoms with van der Waals surface area (Å²) in [5.41, 5.74) is 5.08. The number of H-pyrrole nitrogens is 1. The molecule has 0 saturated carbocycles. The fourth-order valence-corrected chi connectivity index (χ4v) is 2.14. The Kier molecular flexibility index (Phi) is 2.95. The van der Waals surface area contributed by atoms with E-state index in [1.54, 1.807) is 0 Å². The van der Waals surface area contributed by atoms with Crippen molar-refractivity contribution in [1.82, 2.24) is 9.97 Å². The average Bonchev–Trinajstić information content (AvgIpc) is 2.58. The van der Waals surface area contributed by atoms with Gasteiger partial charge in [0, 0.05) is 24.4 Å². The first-order valence-corrected chi connectivity index (χ1v) is 5.95. The summed E-state index contributed by atoms with van der Waals surface area (Å²) in [7, 11) is 0. The fourth-order valence-electron chi connectivity index (χ4n) is 1.71. The molecule has 1 saturated heterocycles. The Morgan fingerprint density at radius 1 is 1.62 bits per heavy atom. The lowest BCUT2D eigenvalue weighted by Crippen LogP contribution is -2.27. The second-order valence-corrected chi connectivity index (χ2v) is 4.37. The van der Waals surface area contributed by atoms with E-state index in [1.807, 2.05) is 0 Å². The molecule has 1 aliphatic rings. The summed E-state index contributed by atoms with van der Waals surface area (Å²) in [5.74, 6) is 0.587. The maximum atomic E-state index is 11.7. The highest BCUT2D eigenvalue weighted by Crippen LogP contribution is 2.23. The molecule has 0 aliphatic carbocycles. The first kappa shape index (κ1) is 11.1. The van der Waals surface area contributed by atoms with Crippen LogP contribution in [0.25, 0.3) is 0 Å². The van der Waals surface area contributed by atoms with E-state index in [4.69, 9.17) is 5.73 Å². The van der Waals surface area contributed by atoms with Crippen LogP contribution in [0.2, 0.25) is 0 Å². The number of nitrogens with zero attached hydrogens (tertiary/aromatic N) is 2. The van der Waals surface area contributed by atoms with Gasteiger partial charge in [-0.25, -0.2) is 0 Å². The van der Waals surface area contributed by atoms with Crippen LogP contribution >= 0.6 is 15.9 Å². The number of rotatable bonds is 2. The van der Waals surface area contributed by atoms with Crippen molar-refractivity contribution in [3.63, 3.8) is 0 Å². The molecule has 1 unspecified atom stereocenters. The molecule has 7 heteroatoms. The van der Waals surface area contributed by atoms with Crippen LogP contribution in [0.3, 0.4) is 0 Å². The molecular weight excluding hydrogens is 276 g/mol. The lowest BCUT2D eigenvalue weighted by molar-refractivity contribution is -0.117. The minimum absolute atomic E-state index is 0.0255. The number of anilines is 2. The zero-order chi connectivity index (χ0) is 11.7. The SMILES string of the molecule is Nc1nc(N2CC(CBr)CC2=O)cc(=O)[nH]1. The van der Waals surface area contributed by atoms with Crippen LogP contribution in [0.4, 0.5) is 11.8 Å². The number of nitrogen functional groups attached to an aromatic ring is 1. The van der Waals surface area contributed by atoms with Crippen LogP contribution < -0.4 is 16.2 Å². The quantitative estimate of drug-likeness (QED) is 0.755. The number of carbonyl (C=O) groups is 1. The molecule has 16 heavy (non-hydrogen) atoms. The molecule has 86 valence electrons. The van der Waals surface area contributed by atoms with Gasteiger partial charge < -0.3 is 5.73 Å². The van der Waals surface area contributed by atoms with Gasteiger partial charge in [-0.2, -0.15) is 4.98 Å². The second kappa shape index (κ2) is 4.25. The number of halogens is 1. The average molecular weight is 287 g/mol. The van der Waals surface area contributed by atoms with Crippen molar-refractivity contribution in [2.45, 2.75) is 6.42 Å². The van der Waals surface area contributed by atoms with Crippen molar-refractivity contribution < 1.29 is 4.79 Å². The molecule has 0 radical (unpaired) electrons. The third-order valence-electron chi connectivity index (χ3n) is 2.45. The lowest BCUT2D eigenvalue weighted by Gasteiger charge is -2.14. The smallest absolute Gasteiger partial charge is 0.254 e. The van der Waals surface area contributed by atoms with E-state index in [1.165, 1.54) is 11.0 Å². The molecule has 0 bridgehead atoms. The number of alkyl halides is 1. The maximum Gasteiger partial charge on any atom is 0.254 e. The normalized spacial score (nSPS) is 20.4. The summed E-state index contributed by atoms with van der Waals surface area (Å²) >= 11 is 3.34. The molecule has 6 nitrogen and oxygen atoms in total. The van der Waals surface area contributed by atoms with Crippen molar-refractivity contribution in [1.29, 1.82) is 0 Å². The van der Waals surface area contributed by atoms with Crippen LogP contribution in [0.15, 0.2) is 10.9 Å². The molecule has 0 aromatic carbocycles. The monoisotopic (exact) mass is 286 g/mol. The van der Waals surface area contributed by atoms with E-state index in [-0.39, 0.29) is 23.3 Å². The second-order valence-electron chi connectivity index (χ2n) is 3.72. The van der Waals surface area contributed by atoms with Crippen LogP contribution in [0.5, 0.6) is 0 Å². The molecule has 1 aliphatic heterocycles. The zero-order valence-corrected chi connectivity index (χ0v) is 10.0. The molecule has 3 N–H and O–H groups in total. The van der Waals surface area contributed by atoms with Crippen molar-refractivity contribution in [2.75, 3.05) is 22.5 Å². The largest absolute Gasteiger partial charge is 0.369 e. The number of carbonyl (C=O) groups excluding carboxylic acids is 1.